The Labute approximate surface area is 178 Å². The number of halogens is 1. The molecule has 2 N–H and O–H groups in total. The van der Waals surface area contributed by atoms with Crippen LogP contribution in [0.5, 0.6) is 5.75 Å². The summed E-state index contributed by atoms with van der Waals surface area (Å²) in [5.41, 5.74) is 2.30. The molecule has 1 aromatic rings. The van der Waals surface area contributed by atoms with Gasteiger partial charge < -0.3 is 25.0 Å². The molecule has 0 unspecified atom stereocenters. The van der Waals surface area contributed by atoms with Gasteiger partial charge in [0.1, 0.15) is 5.75 Å². The topological polar surface area (TPSA) is 75.2 Å². The number of carbonyl (C=O) groups excluding carboxylic acids is 1. The molecule has 1 fully saturated rings. The third-order valence-corrected chi connectivity index (χ3v) is 4.49. The van der Waals surface area contributed by atoms with Gasteiger partial charge in [0.05, 0.1) is 13.7 Å². The van der Waals surface area contributed by atoms with Gasteiger partial charge in [0, 0.05) is 32.7 Å². The summed E-state index contributed by atoms with van der Waals surface area (Å²) < 4.78 is 10.3. The number of amides is 1. The molecule has 152 valence electrons. The van der Waals surface area contributed by atoms with Crippen molar-refractivity contribution in [3.05, 3.63) is 29.3 Å². The fourth-order valence-electron chi connectivity index (χ4n) is 3.05. The highest BCUT2D eigenvalue weighted by Crippen LogP contribution is 2.19. The van der Waals surface area contributed by atoms with Crippen LogP contribution in [0.2, 0.25) is 0 Å². The summed E-state index contributed by atoms with van der Waals surface area (Å²) in [6.07, 6.45) is 1.49. The van der Waals surface area contributed by atoms with Gasteiger partial charge in [-0.15, -0.1) is 24.0 Å². The molecule has 0 atom stereocenters. The van der Waals surface area contributed by atoms with E-state index >= 15 is 0 Å². The summed E-state index contributed by atoms with van der Waals surface area (Å²) in [6, 6.07) is 6.49. The monoisotopic (exact) mass is 490 g/mol. The number of guanidine groups is 1. The third-order valence-electron chi connectivity index (χ3n) is 4.49. The van der Waals surface area contributed by atoms with Crippen molar-refractivity contribution >= 4 is 36.0 Å². The molecule has 1 saturated heterocycles. The number of hydrogen-bond donors (Lipinski definition) is 2. The molecule has 0 bridgehead atoms. The first-order valence-electron chi connectivity index (χ1n) is 9.09. The molecular weight excluding hydrogens is 459 g/mol. The lowest BCUT2D eigenvalue weighted by Gasteiger charge is -2.32. The lowest BCUT2D eigenvalue weighted by molar-refractivity contribution is 0.111. The first kappa shape index (κ1) is 23.3. The zero-order valence-corrected chi connectivity index (χ0v) is 18.9. The van der Waals surface area contributed by atoms with Crippen molar-refractivity contribution < 1.29 is 14.3 Å². The van der Waals surface area contributed by atoms with Crippen molar-refractivity contribution in [2.75, 3.05) is 33.9 Å². The smallest absolute Gasteiger partial charge is 0.409 e. The van der Waals surface area contributed by atoms with E-state index in [1.54, 1.807) is 11.9 Å². The lowest BCUT2D eigenvalue weighted by atomic mass is 10.1. The predicted octanol–water partition coefficient (Wildman–Crippen LogP) is 2.91. The average Bonchev–Trinajstić information content (AvgIpc) is 2.67. The van der Waals surface area contributed by atoms with Crippen molar-refractivity contribution in [1.82, 2.24) is 15.5 Å². The maximum absolute atomic E-state index is 11.5. The number of nitrogens with zero attached hydrogens (tertiary/aromatic N) is 2. The number of ether oxygens (including phenoxy) is 2. The van der Waals surface area contributed by atoms with Crippen LogP contribution in [0.4, 0.5) is 4.79 Å². The van der Waals surface area contributed by atoms with Crippen molar-refractivity contribution in [2.45, 2.75) is 39.3 Å². The van der Waals surface area contributed by atoms with E-state index < -0.39 is 0 Å². The molecule has 0 spiro atoms. The first-order chi connectivity index (χ1) is 12.6. The molecule has 1 amide bonds. The minimum atomic E-state index is -0.253. The van der Waals surface area contributed by atoms with Crippen molar-refractivity contribution in [2.24, 2.45) is 4.99 Å². The number of hydrogen-bond acceptors (Lipinski definition) is 4. The van der Waals surface area contributed by atoms with Crippen LogP contribution in [-0.4, -0.2) is 56.8 Å². The van der Waals surface area contributed by atoms with Gasteiger partial charge in [0.25, 0.3) is 0 Å². The molecule has 0 saturated carbocycles. The second-order valence-electron chi connectivity index (χ2n) is 6.33. The maximum atomic E-state index is 11.5. The molecule has 2 rings (SSSR count). The van der Waals surface area contributed by atoms with Gasteiger partial charge in [-0.05, 0) is 43.9 Å². The van der Waals surface area contributed by atoms with E-state index in [0.29, 0.717) is 32.3 Å². The van der Waals surface area contributed by atoms with E-state index in [4.69, 9.17) is 9.47 Å². The summed E-state index contributed by atoms with van der Waals surface area (Å²) in [4.78, 5) is 17.6. The number of benzene rings is 1. The number of methoxy groups -OCH3 is 1. The Morgan fingerprint density at radius 3 is 2.59 bits per heavy atom. The molecule has 1 aliphatic heterocycles. The SMILES string of the molecule is CCOc1ccc(CNC(=NC)NC2CCN(C(=O)OC)CC2)cc1C.I. The molecular formula is C19H31IN4O3. The normalized spacial score (nSPS) is 15.0. The number of nitrogens with one attached hydrogen (secondary N) is 2. The number of aliphatic imine (C=N–C) groups is 1. The summed E-state index contributed by atoms with van der Waals surface area (Å²) in [6.45, 7) is 6.79. The first-order valence-corrected chi connectivity index (χ1v) is 9.09. The van der Waals surface area contributed by atoms with Gasteiger partial charge in [0.2, 0.25) is 0 Å². The lowest BCUT2D eigenvalue weighted by Crippen LogP contribution is -2.49. The predicted molar refractivity (Wildman–Crippen MR) is 118 cm³/mol. The largest absolute Gasteiger partial charge is 0.494 e. The standard InChI is InChI=1S/C19H30N4O3.HI/c1-5-26-17-7-6-15(12-14(17)2)13-21-18(20-3)22-16-8-10-23(11-9-16)19(24)25-4;/h6-7,12,16H,5,8-11,13H2,1-4H3,(H2,20,21,22);1H. The summed E-state index contributed by atoms with van der Waals surface area (Å²) in [5, 5.41) is 6.78. The Morgan fingerprint density at radius 1 is 1.33 bits per heavy atom. The molecule has 0 aliphatic carbocycles. The molecule has 8 heteroatoms. The fourth-order valence-corrected chi connectivity index (χ4v) is 3.05. The molecule has 27 heavy (non-hydrogen) atoms. The zero-order chi connectivity index (χ0) is 18.9. The molecule has 0 radical (unpaired) electrons. The van der Waals surface area contributed by atoms with Crippen LogP contribution in [-0.2, 0) is 11.3 Å². The van der Waals surface area contributed by atoms with E-state index in [9.17, 15) is 4.79 Å². The quantitative estimate of drug-likeness (QED) is 0.377. The Morgan fingerprint density at radius 2 is 2.04 bits per heavy atom. The maximum Gasteiger partial charge on any atom is 0.409 e. The fraction of sp³-hybridized carbons (Fsp3) is 0.579. The Balaban J connectivity index is 0.00000364. The van der Waals surface area contributed by atoms with Crippen LogP contribution in [0, 0.1) is 6.92 Å². The van der Waals surface area contributed by atoms with Gasteiger partial charge in [-0.2, -0.15) is 0 Å². The highest BCUT2D eigenvalue weighted by Gasteiger charge is 2.23. The van der Waals surface area contributed by atoms with Crippen molar-refractivity contribution in [3.63, 3.8) is 0 Å². The van der Waals surface area contributed by atoms with E-state index in [1.807, 2.05) is 13.0 Å². The number of rotatable bonds is 5. The van der Waals surface area contributed by atoms with E-state index in [2.05, 4.69) is 34.7 Å². The van der Waals surface area contributed by atoms with Crippen molar-refractivity contribution in [1.29, 1.82) is 0 Å². The minimum absolute atomic E-state index is 0. The molecule has 1 aliphatic rings. The van der Waals surface area contributed by atoms with Gasteiger partial charge in [-0.3, -0.25) is 4.99 Å². The van der Waals surface area contributed by atoms with Crippen molar-refractivity contribution in [3.8, 4) is 5.75 Å². The van der Waals surface area contributed by atoms with Crippen LogP contribution in [0.1, 0.15) is 30.9 Å². The van der Waals surface area contributed by atoms with Gasteiger partial charge in [-0.1, -0.05) is 12.1 Å². The highest BCUT2D eigenvalue weighted by molar-refractivity contribution is 14.0. The van der Waals surface area contributed by atoms with Crippen LogP contribution >= 0.6 is 24.0 Å². The van der Waals surface area contributed by atoms with Gasteiger partial charge >= 0.3 is 6.09 Å². The van der Waals surface area contributed by atoms with Crippen LogP contribution in [0.15, 0.2) is 23.2 Å². The summed E-state index contributed by atoms with van der Waals surface area (Å²) in [5.74, 6) is 1.70. The number of piperidine rings is 1. The summed E-state index contributed by atoms with van der Waals surface area (Å²) >= 11 is 0. The molecule has 7 nitrogen and oxygen atoms in total. The number of carbonyl (C=O) groups is 1. The zero-order valence-electron chi connectivity index (χ0n) is 16.6. The average molecular weight is 490 g/mol. The highest BCUT2D eigenvalue weighted by atomic mass is 127. The molecule has 1 heterocycles. The molecule has 1 aromatic carbocycles. The van der Waals surface area contributed by atoms with Crippen LogP contribution < -0.4 is 15.4 Å². The Hall–Kier alpha value is -1.71. The van der Waals surface area contributed by atoms with Crippen LogP contribution in [0.25, 0.3) is 0 Å². The second kappa shape index (κ2) is 11.9. The van der Waals surface area contributed by atoms with Gasteiger partial charge in [-0.25, -0.2) is 4.79 Å². The van der Waals surface area contributed by atoms with E-state index in [0.717, 1.165) is 30.1 Å². The van der Waals surface area contributed by atoms with E-state index in [-0.39, 0.29) is 30.1 Å². The van der Waals surface area contributed by atoms with E-state index in [1.165, 1.54) is 12.7 Å². The molecule has 0 aromatic heterocycles. The second-order valence-corrected chi connectivity index (χ2v) is 6.33. The van der Waals surface area contributed by atoms with Crippen LogP contribution in [0.3, 0.4) is 0 Å². The Bertz CT molecular complexity index is 631. The minimum Gasteiger partial charge on any atom is -0.494 e. The Kier molecular flexibility index (Phi) is 10.3. The number of likely N-dealkylation sites (tertiary alicyclic amines) is 1. The third kappa shape index (κ3) is 7.08. The number of aryl methyl sites for hydroxylation is 1. The summed E-state index contributed by atoms with van der Waals surface area (Å²) in [7, 11) is 3.18. The van der Waals surface area contributed by atoms with Gasteiger partial charge in [0.15, 0.2) is 5.96 Å².